The third kappa shape index (κ3) is 7.44. The van der Waals surface area contributed by atoms with Gasteiger partial charge in [0.25, 0.3) is 0 Å². The first kappa shape index (κ1) is 32.0. The number of imidazole rings is 1. The zero-order chi connectivity index (χ0) is 32.8. The molecule has 4 atom stereocenters. The Hall–Kier alpha value is -5.43. The molecular weight excluding hydrogens is 588 g/mol. The number of carbonyl (C=O) groups excluding carboxylic acids is 3. The first-order valence-electron chi connectivity index (χ1n) is 15.1. The number of nitrogens with two attached hydrogens (primary N) is 1. The fourth-order valence-electron chi connectivity index (χ4n) is 5.51. The Morgan fingerprint density at radius 1 is 0.761 bits per heavy atom. The summed E-state index contributed by atoms with van der Waals surface area (Å²) in [6, 6.07) is 10.8. The number of para-hydroxylation sites is 2. The molecule has 0 aliphatic rings. The average Bonchev–Trinajstić information content (AvgIpc) is 3.80. The van der Waals surface area contributed by atoms with Crippen LogP contribution in [0.2, 0.25) is 0 Å². The van der Waals surface area contributed by atoms with E-state index in [1.54, 1.807) is 20.0 Å². The first-order chi connectivity index (χ1) is 22.1. The van der Waals surface area contributed by atoms with Crippen LogP contribution in [-0.4, -0.2) is 72.9 Å². The molecule has 240 valence electrons. The fraction of sp³-hybridized carbons (Fsp3) is 0.303. The van der Waals surface area contributed by atoms with E-state index in [1.165, 1.54) is 12.5 Å². The third-order valence-electron chi connectivity index (χ3n) is 8.02. The van der Waals surface area contributed by atoms with Crippen molar-refractivity contribution in [1.29, 1.82) is 0 Å². The van der Waals surface area contributed by atoms with Gasteiger partial charge in [-0.05, 0) is 35.6 Å². The van der Waals surface area contributed by atoms with Crippen molar-refractivity contribution < 1.29 is 24.3 Å². The van der Waals surface area contributed by atoms with Gasteiger partial charge in [0.2, 0.25) is 17.7 Å². The molecule has 0 bridgehead atoms. The van der Waals surface area contributed by atoms with Crippen LogP contribution in [-0.2, 0) is 38.4 Å². The SMILES string of the molecule is CC(C)C(NC(=O)C(N)Cc1c[nH]c2ccccc12)C(=O)NC(Cc1c[nH]c2ccccc12)C(=O)NC(Cc1cnc[nH]1)C(=O)O. The molecule has 0 aliphatic carbocycles. The molecule has 3 amide bonds. The topological polar surface area (TPSA) is 211 Å². The number of amides is 3. The highest BCUT2D eigenvalue weighted by Crippen LogP contribution is 2.21. The number of carbonyl (C=O) groups is 4. The fourth-order valence-corrected chi connectivity index (χ4v) is 5.51. The Kier molecular flexibility index (Phi) is 9.82. The number of carboxylic acids is 1. The quantitative estimate of drug-likeness (QED) is 0.0917. The molecule has 2 aromatic carbocycles. The van der Waals surface area contributed by atoms with Crippen LogP contribution < -0.4 is 21.7 Å². The molecule has 0 spiro atoms. The summed E-state index contributed by atoms with van der Waals surface area (Å²) in [5.41, 5.74) is 10.2. The van der Waals surface area contributed by atoms with Gasteiger partial charge in [0.15, 0.2) is 0 Å². The minimum atomic E-state index is -1.28. The summed E-state index contributed by atoms with van der Waals surface area (Å²) < 4.78 is 0. The molecular formula is C33H38N8O5. The number of carboxylic acid groups (broad SMARTS) is 1. The number of fused-ring (bicyclic) bond motifs is 2. The van der Waals surface area contributed by atoms with Crippen LogP contribution in [0.5, 0.6) is 0 Å². The minimum absolute atomic E-state index is 0.0339. The second-order valence-electron chi connectivity index (χ2n) is 11.7. The lowest BCUT2D eigenvalue weighted by Gasteiger charge is -2.27. The maximum Gasteiger partial charge on any atom is 0.326 e. The normalized spacial score (nSPS) is 14.1. The van der Waals surface area contributed by atoms with E-state index >= 15 is 0 Å². The van der Waals surface area contributed by atoms with Gasteiger partial charge in [0.1, 0.15) is 18.1 Å². The van der Waals surface area contributed by atoms with Crippen LogP contribution in [0.1, 0.15) is 30.7 Å². The smallest absolute Gasteiger partial charge is 0.326 e. The Labute approximate surface area is 264 Å². The van der Waals surface area contributed by atoms with Gasteiger partial charge >= 0.3 is 5.97 Å². The summed E-state index contributed by atoms with van der Waals surface area (Å²) in [5, 5.41) is 19.8. The lowest BCUT2D eigenvalue weighted by Crippen LogP contribution is -2.59. The van der Waals surface area contributed by atoms with E-state index in [-0.39, 0.29) is 25.2 Å². The highest BCUT2D eigenvalue weighted by molar-refractivity contribution is 5.95. The minimum Gasteiger partial charge on any atom is -0.480 e. The molecule has 0 saturated heterocycles. The van der Waals surface area contributed by atoms with Crippen LogP contribution >= 0.6 is 0 Å². The largest absolute Gasteiger partial charge is 0.480 e. The Morgan fingerprint density at radius 2 is 1.35 bits per heavy atom. The molecule has 4 unspecified atom stereocenters. The van der Waals surface area contributed by atoms with Crippen molar-refractivity contribution in [2.75, 3.05) is 0 Å². The van der Waals surface area contributed by atoms with Crippen LogP contribution in [0.15, 0.2) is 73.4 Å². The predicted molar refractivity (Wildman–Crippen MR) is 173 cm³/mol. The number of rotatable bonds is 14. The molecule has 3 heterocycles. The van der Waals surface area contributed by atoms with Gasteiger partial charge in [-0.15, -0.1) is 0 Å². The highest BCUT2D eigenvalue weighted by atomic mass is 16.4. The van der Waals surface area contributed by atoms with Crippen LogP contribution in [0, 0.1) is 5.92 Å². The van der Waals surface area contributed by atoms with Crippen molar-refractivity contribution in [3.63, 3.8) is 0 Å². The summed E-state index contributed by atoms with van der Waals surface area (Å²) in [6.45, 7) is 3.55. The second-order valence-corrected chi connectivity index (χ2v) is 11.7. The van der Waals surface area contributed by atoms with Crippen LogP contribution in [0.3, 0.4) is 0 Å². The molecule has 9 N–H and O–H groups in total. The van der Waals surface area contributed by atoms with Gasteiger partial charge in [0, 0.05) is 58.9 Å². The molecule has 0 radical (unpaired) electrons. The van der Waals surface area contributed by atoms with Gasteiger partial charge < -0.3 is 41.7 Å². The summed E-state index contributed by atoms with van der Waals surface area (Å²) in [6.07, 6.45) is 6.75. The standard InChI is InChI=1S/C33H38N8O5/c1-18(2)29(41-30(42)24(34)11-19-14-36-25-9-5-3-7-22(19)25)32(44)39-27(12-20-15-37-26-10-6-4-8-23(20)26)31(43)40-28(33(45)46)13-21-16-35-17-38-21/h3-10,14-18,24,27-29,36-37H,11-13,34H2,1-2H3,(H,35,38)(H,39,44)(H,40,43)(H,41,42)(H,45,46). The third-order valence-corrected chi connectivity index (χ3v) is 8.02. The van der Waals surface area contributed by atoms with Crippen molar-refractivity contribution in [2.24, 2.45) is 11.7 Å². The summed E-state index contributed by atoms with van der Waals surface area (Å²) >= 11 is 0. The lowest BCUT2D eigenvalue weighted by atomic mass is 9.99. The molecule has 0 fully saturated rings. The van der Waals surface area contributed by atoms with Crippen molar-refractivity contribution in [3.05, 3.63) is 90.3 Å². The summed E-state index contributed by atoms with van der Waals surface area (Å²) in [4.78, 5) is 65.8. The summed E-state index contributed by atoms with van der Waals surface area (Å²) in [7, 11) is 0. The molecule has 46 heavy (non-hydrogen) atoms. The number of aromatic nitrogens is 4. The molecule has 3 aromatic heterocycles. The zero-order valence-corrected chi connectivity index (χ0v) is 25.5. The molecule has 13 heteroatoms. The van der Waals surface area contributed by atoms with Gasteiger partial charge in [0.05, 0.1) is 12.4 Å². The van der Waals surface area contributed by atoms with Crippen LogP contribution in [0.25, 0.3) is 21.8 Å². The zero-order valence-electron chi connectivity index (χ0n) is 25.5. The molecule has 0 saturated carbocycles. The maximum atomic E-state index is 13.7. The molecule has 13 nitrogen and oxygen atoms in total. The predicted octanol–water partition coefficient (Wildman–Crippen LogP) is 1.92. The number of hydrogen-bond donors (Lipinski definition) is 8. The van der Waals surface area contributed by atoms with E-state index in [1.807, 2.05) is 54.7 Å². The number of aliphatic carboxylic acids is 1. The average molecular weight is 627 g/mol. The number of aromatic amines is 3. The van der Waals surface area contributed by atoms with E-state index in [0.29, 0.717) is 5.69 Å². The van der Waals surface area contributed by atoms with Gasteiger partial charge in [-0.3, -0.25) is 14.4 Å². The van der Waals surface area contributed by atoms with Crippen molar-refractivity contribution >= 4 is 45.5 Å². The monoisotopic (exact) mass is 626 g/mol. The molecule has 0 aliphatic heterocycles. The first-order valence-corrected chi connectivity index (χ1v) is 15.1. The lowest BCUT2D eigenvalue weighted by molar-refractivity contribution is -0.142. The number of nitrogens with one attached hydrogen (secondary N) is 6. The van der Waals surface area contributed by atoms with Crippen molar-refractivity contribution in [2.45, 2.75) is 57.3 Å². The van der Waals surface area contributed by atoms with Gasteiger partial charge in [-0.25, -0.2) is 9.78 Å². The molecule has 5 rings (SSSR count). The van der Waals surface area contributed by atoms with Crippen LogP contribution in [0.4, 0.5) is 0 Å². The van der Waals surface area contributed by atoms with E-state index in [4.69, 9.17) is 5.73 Å². The van der Waals surface area contributed by atoms with Crippen molar-refractivity contribution in [3.8, 4) is 0 Å². The maximum absolute atomic E-state index is 13.7. The van der Waals surface area contributed by atoms with E-state index < -0.39 is 47.9 Å². The Bertz CT molecular complexity index is 1830. The Morgan fingerprint density at radius 3 is 1.91 bits per heavy atom. The highest BCUT2D eigenvalue weighted by Gasteiger charge is 2.32. The van der Waals surface area contributed by atoms with E-state index in [0.717, 1.165) is 32.9 Å². The Balaban J connectivity index is 1.32. The summed E-state index contributed by atoms with van der Waals surface area (Å²) in [5.74, 6) is -3.38. The van der Waals surface area contributed by atoms with Gasteiger partial charge in [-0.2, -0.15) is 0 Å². The number of nitrogens with zero attached hydrogens (tertiary/aromatic N) is 1. The van der Waals surface area contributed by atoms with Gasteiger partial charge in [-0.1, -0.05) is 50.2 Å². The molecule has 5 aromatic rings. The van der Waals surface area contributed by atoms with E-state index in [9.17, 15) is 24.3 Å². The second kappa shape index (κ2) is 14.1. The van der Waals surface area contributed by atoms with E-state index in [2.05, 4.69) is 35.9 Å². The number of H-pyrrole nitrogens is 3. The van der Waals surface area contributed by atoms with Crippen molar-refractivity contribution in [1.82, 2.24) is 35.9 Å². The number of benzene rings is 2. The number of hydrogen-bond acceptors (Lipinski definition) is 6.